The van der Waals surface area contributed by atoms with Crippen molar-refractivity contribution in [3.05, 3.63) is 29.3 Å². The zero-order valence-electron chi connectivity index (χ0n) is 11.7. The van der Waals surface area contributed by atoms with E-state index in [1.165, 1.54) is 6.07 Å². The van der Waals surface area contributed by atoms with Gasteiger partial charge in [0.05, 0.1) is 23.0 Å². The summed E-state index contributed by atoms with van der Waals surface area (Å²) in [7, 11) is -6.72. The van der Waals surface area contributed by atoms with Crippen molar-refractivity contribution in [2.24, 2.45) is 5.92 Å². The molecule has 21 heavy (non-hydrogen) atoms. The summed E-state index contributed by atoms with van der Waals surface area (Å²) in [5, 5.41) is 9.10. The minimum absolute atomic E-state index is 0.0329. The lowest BCUT2D eigenvalue weighted by Gasteiger charge is -2.13. The second-order valence-electron chi connectivity index (χ2n) is 5.38. The van der Waals surface area contributed by atoms with E-state index in [1.54, 1.807) is 19.1 Å². The molecule has 2 N–H and O–H groups in total. The highest BCUT2D eigenvalue weighted by molar-refractivity contribution is 7.91. The maximum absolute atomic E-state index is 12.3. The summed E-state index contributed by atoms with van der Waals surface area (Å²) in [4.78, 5) is 0.120. The Morgan fingerprint density at radius 1 is 1.38 bits per heavy atom. The van der Waals surface area contributed by atoms with Gasteiger partial charge in [-0.1, -0.05) is 12.1 Å². The zero-order valence-corrected chi connectivity index (χ0v) is 13.4. The summed E-state index contributed by atoms with van der Waals surface area (Å²) < 4.78 is 49.8. The highest BCUT2D eigenvalue weighted by atomic mass is 32.2. The van der Waals surface area contributed by atoms with E-state index in [0.29, 0.717) is 17.5 Å². The molecule has 0 aliphatic carbocycles. The van der Waals surface area contributed by atoms with E-state index >= 15 is 0 Å². The van der Waals surface area contributed by atoms with Crippen molar-refractivity contribution in [1.82, 2.24) is 4.72 Å². The second-order valence-corrected chi connectivity index (χ2v) is 9.34. The molecule has 8 heteroatoms. The lowest BCUT2D eigenvalue weighted by molar-refractivity contribution is 0.281. The van der Waals surface area contributed by atoms with Crippen LogP contribution in [0.3, 0.4) is 0 Å². The number of sulfone groups is 1. The van der Waals surface area contributed by atoms with E-state index in [1.807, 2.05) is 0 Å². The van der Waals surface area contributed by atoms with Crippen LogP contribution >= 0.6 is 0 Å². The first-order chi connectivity index (χ1) is 9.73. The predicted molar refractivity (Wildman–Crippen MR) is 79.1 cm³/mol. The first-order valence-corrected chi connectivity index (χ1v) is 9.94. The van der Waals surface area contributed by atoms with Crippen molar-refractivity contribution in [3.8, 4) is 0 Å². The molecule has 1 saturated heterocycles. The highest BCUT2D eigenvalue weighted by Crippen LogP contribution is 2.20. The fraction of sp³-hybridized carbons (Fsp3) is 0.538. The summed E-state index contributed by atoms with van der Waals surface area (Å²) in [6.45, 7) is 1.56. The van der Waals surface area contributed by atoms with Crippen LogP contribution in [0, 0.1) is 12.8 Å². The molecule has 118 valence electrons. The summed E-state index contributed by atoms with van der Waals surface area (Å²) >= 11 is 0. The fourth-order valence-corrected chi connectivity index (χ4v) is 5.64. The normalized spacial score (nSPS) is 21.5. The van der Waals surface area contributed by atoms with Gasteiger partial charge in [-0.2, -0.15) is 0 Å². The lowest BCUT2D eigenvalue weighted by Crippen LogP contribution is -2.30. The molecule has 1 aromatic carbocycles. The number of hydrogen-bond acceptors (Lipinski definition) is 5. The molecular weight excluding hydrogens is 314 g/mol. The molecule has 0 spiro atoms. The van der Waals surface area contributed by atoms with Crippen LogP contribution in [0.5, 0.6) is 0 Å². The van der Waals surface area contributed by atoms with Crippen molar-refractivity contribution < 1.29 is 21.9 Å². The van der Waals surface area contributed by atoms with Gasteiger partial charge < -0.3 is 5.11 Å². The molecule has 0 amide bonds. The van der Waals surface area contributed by atoms with Crippen molar-refractivity contribution in [2.75, 3.05) is 18.1 Å². The summed E-state index contributed by atoms with van der Waals surface area (Å²) in [5.74, 6) is -0.0186. The van der Waals surface area contributed by atoms with E-state index < -0.39 is 19.9 Å². The van der Waals surface area contributed by atoms with E-state index in [4.69, 9.17) is 5.11 Å². The van der Waals surface area contributed by atoms with Gasteiger partial charge in [0.1, 0.15) is 0 Å². The van der Waals surface area contributed by atoms with Gasteiger partial charge in [-0.05, 0) is 36.5 Å². The molecule has 1 atom stereocenters. The van der Waals surface area contributed by atoms with Crippen LogP contribution in [-0.4, -0.2) is 40.0 Å². The predicted octanol–water partition coefficient (Wildman–Crippen LogP) is 0.200. The average Bonchev–Trinajstić information content (AvgIpc) is 2.76. The van der Waals surface area contributed by atoms with Crippen LogP contribution in [0.15, 0.2) is 23.1 Å². The number of benzene rings is 1. The number of nitrogens with one attached hydrogen (secondary N) is 1. The van der Waals surface area contributed by atoms with Gasteiger partial charge in [0.15, 0.2) is 9.84 Å². The fourth-order valence-electron chi connectivity index (χ4n) is 2.37. The number of aryl methyl sites for hydroxylation is 1. The molecule has 0 bridgehead atoms. The van der Waals surface area contributed by atoms with E-state index in [-0.39, 0.29) is 35.5 Å². The van der Waals surface area contributed by atoms with E-state index in [9.17, 15) is 16.8 Å². The Kier molecular flexibility index (Phi) is 4.72. The average molecular weight is 333 g/mol. The topological polar surface area (TPSA) is 101 Å². The van der Waals surface area contributed by atoms with Crippen LogP contribution in [0.25, 0.3) is 0 Å². The van der Waals surface area contributed by atoms with Crippen LogP contribution in [0.1, 0.15) is 17.5 Å². The molecule has 1 aliphatic rings. The largest absolute Gasteiger partial charge is 0.392 e. The standard InChI is InChI=1S/C13H19NO5S2/c1-10-2-3-11(8-15)6-13(10)21(18,19)14-7-12-4-5-20(16,17)9-12/h2-3,6,12,14-15H,4-5,7-9H2,1H3. The number of aliphatic hydroxyl groups is 1. The van der Waals surface area contributed by atoms with Gasteiger partial charge in [-0.3, -0.25) is 0 Å². The maximum Gasteiger partial charge on any atom is 0.240 e. The Morgan fingerprint density at radius 3 is 2.67 bits per heavy atom. The Balaban J connectivity index is 2.12. The van der Waals surface area contributed by atoms with Crippen LogP contribution < -0.4 is 4.72 Å². The smallest absolute Gasteiger partial charge is 0.240 e. The van der Waals surface area contributed by atoms with Gasteiger partial charge in [0, 0.05) is 6.54 Å². The van der Waals surface area contributed by atoms with E-state index in [2.05, 4.69) is 4.72 Å². The van der Waals surface area contributed by atoms with Crippen LogP contribution in [0.4, 0.5) is 0 Å². The molecular formula is C13H19NO5S2. The minimum atomic E-state index is -3.70. The van der Waals surface area contributed by atoms with Gasteiger partial charge in [0.2, 0.25) is 10.0 Å². The third-order valence-electron chi connectivity index (χ3n) is 3.61. The summed E-state index contributed by atoms with van der Waals surface area (Å²) in [5.41, 5.74) is 1.10. The van der Waals surface area contributed by atoms with Crippen LogP contribution in [0.2, 0.25) is 0 Å². The monoisotopic (exact) mass is 333 g/mol. The SMILES string of the molecule is Cc1ccc(CO)cc1S(=O)(=O)NCC1CCS(=O)(=O)C1. The van der Waals surface area contributed by atoms with Crippen molar-refractivity contribution in [1.29, 1.82) is 0 Å². The number of sulfonamides is 1. The molecule has 1 heterocycles. The molecule has 1 aliphatic heterocycles. The summed E-state index contributed by atoms with van der Waals surface area (Å²) in [6, 6.07) is 4.74. The van der Waals surface area contributed by atoms with Crippen molar-refractivity contribution >= 4 is 19.9 Å². The van der Waals surface area contributed by atoms with Gasteiger partial charge in [-0.15, -0.1) is 0 Å². The third-order valence-corrected chi connectivity index (χ3v) is 7.02. The second kappa shape index (κ2) is 6.04. The Labute approximate surface area is 125 Å². The molecule has 1 fully saturated rings. The molecule has 2 rings (SSSR count). The Bertz CT molecular complexity index is 725. The molecule has 0 aromatic heterocycles. The van der Waals surface area contributed by atoms with Gasteiger partial charge >= 0.3 is 0 Å². The Hall–Kier alpha value is -0.960. The molecule has 1 aromatic rings. The zero-order chi connectivity index (χ0) is 15.7. The maximum atomic E-state index is 12.3. The van der Waals surface area contributed by atoms with Crippen molar-refractivity contribution in [3.63, 3.8) is 0 Å². The summed E-state index contributed by atoms with van der Waals surface area (Å²) in [6.07, 6.45) is 0.487. The van der Waals surface area contributed by atoms with Crippen LogP contribution in [-0.2, 0) is 26.5 Å². The molecule has 6 nitrogen and oxygen atoms in total. The van der Waals surface area contributed by atoms with Crippen molar-refractivity contribution in [2.45, 2.75) is 24.8 Å². The minimum Gasteiger partial charge on any atom is -0.392 e. The number of rotatable bonds is 5. The van der Waals surface area contributed by atoms with Gasteiger partial charge in [0.25, 0.3) is 0 Å². The highest BCUT2D eigenvalue weighted by Gasteiger charge is 2.29. The molecule has 1 unspecified atom stereocenters. The first-order valence-electron chi connectivity index (χ1n) is 6.64. The number of aliphatic hydroxyl groups excluding tert-OH is 1. The van der Waals surface area contributed by atoms with E-state index in [0.717, 1.165) is 0 Å². The molecule has 0 radical (unpaired) electrons. The lowest BCUT2D eigenvalue weighted by atomic mass is 10.1. The van der Waals surface area contributed by atoms with Gasteiger partial charge in [-0.25, -0.2) is 21.6 Å². The Morgan fingerprint density at radius 2 is 2.10 bits per heavy atom. The number of hydrogen-bond donors (Lipinski definition) is 2. The quantitative estimate of drug-likeness (QED) is 0.802. The molecule has 0 saturated carbocycles. The third kappa shape index (κ3) is 4.03. The first kappa shape index (κ1) is 16.4.